The predicted molar refractivity (Wildman–Crippen MR) is 68.6 cm³/mol. The normalized spacial score (nSPS) is 12.2. The molecule has 1 aromatic carbocycles. The van der Waals surface area contributed by atoms with Crippen molar-refractivity contribution in [3.05, 3.63) is 34.9 Å². The first kappa shape index (κ1) is 13.4. The van der Waals surface area contributed by atoms with E-state index in [9.17, 15) is 13.2 Å². The molecule has 2 rings (SSSR count). The van der Waals surface area contributed by atoms with Crippen LogP contribution in [0.25, 0.3) is 10.9 Å². The number of benzene rings is 1. The Kier molecular flexibility index (Phi) is 3.97. The van der Waals surface area contributed by atoms with Crippen LogP contribution in [-0.4, -0.2) is 23.8 Å². The third-order valence-corrected chi connectivity index (χ3v) is 3.23. The predicted octanol–water partition coefficient (Wildman–Crippen LogP) is 3.56. The van der Waals surface area contributed by atoms with E-state index < -0.39 is 12.7 Å². The number of alkyl halides is 3. The molecule has 2 nitrogen and oxygen atoms in total. The minimum atomic E-state index is -4.15. The molecular formula is C12H12BrF3N2. The van der Waals surface area contributed by atoms with Gasteiger partial charge in [-0.05, 0) is 22.0 Å². The number of nitrogens with zero attached hydrogens (tertiary/aromatic N) is 1. The third-order valence-electron chi connectivity index (χ3n) is 2.59. The lowest BCUT2D eigenvalue weighted by Gasteiger charge is -2.09. The fourth-order valence-electron chi connectivity index (χ4n) is 1.82. The molecule has 0 aliphatic rings. The number of rotatable bonds is 4. The van der Waals surface area contributed by atoms with Crippen molar-refractivity contribution in [3.8, 4) is 0 Å². The van der Waals surface area contributed by atoms with Crippen LogP contribution < -0.4 is 5.32 Å². The topological polar surface area (TPSA) is 17.0 Å². The Balaban J connectivity index is 2.00. The molecule has 1 heterocycles. The van der Waals surface area contributed by atoms with E-state index in [1.54, 1.807) is 0 Å². The molecule has 1 aromatic heterocycles. The van der Waals surface area contributed by atoms with Gasteiger partial charge in [0.25, 0.3) is 0 Å². The van der Waals surface area contributed by atoms with Crippen LogP contribution in [0.3, 0.4) is 0 Å². The van der Waals surface area contributed by atoms with Gasteiger partial charge in [-0.1, -0.05) is 18.2 Å². The average molecular weight is 321 g/mol. The van der Waals surface area contributed by atoms with Crippen LogP contribution in [-0.2, 0) is 6.54 Å². The van der Waals surface area contributed by atoms with Gasteiger partial charge in [0, 0.05) is 34.7 Å². The standard InChI is InChI=1S/C12H12BrF3N2/c13-10-7-18(6-5-17-8-12(14,15)16)11-4-2-1-3-9(10)11/h1-4,7,17H,5-6,8H2. The second-order valence-corrected chi connectivity index (χ2v) is 4.83. The molecule has 6 heteroatoms. The van der Waals surface area contributed by atoms with Crippen LogP contribution in [0.1, 0.15) is 0 Å². The Morgan fingerprint density at radius 3 is 2.67 bits per heavy atom. The van der Waals surface area contributed by atoms with E-state index in [-0.39, 0.29) is 6.54 Å². The molecule has 0 unspecified atom stereocenters. The van der Waals surface area contributed by atoms with Crippen LogP contribution in [0.4, 0.5) is 13.2 Å². The second kappa shape index (κ2) is 5.32. The van der Waals surface area contributed by atoms with Crippen LogP contribution in [0.15, 0.2) is 34.9 Å². The lowest BCUT2D eigenvalue weighted by molar-refractivity contribution is -0.124. The maximum Gasteiger partial charge on any atom is 0.401 e. The molecule has 0 amide bonds. The first-order valence-electron chi connectivity index (χ1n) is 5.48. The largest absolute Gasteiger partial charge is 0.401 e. The van der Waals surface area contributed by atoms with Gasteiger partial charge in [-0.3, -0.25) is 0 Å². The fourth-order valence-corrected chi connectivity index (χ4v) is 2.40. The number of nitrogens with one attached hydrogen (secondary N) is 1. The Morgan fingerprint density at radius 2 is 1.94 bits per heavy atom. The number of hydrogen-bond donors (Lipinski definition) is 1. The quantitative estimate of drug-likeness (QED) is 0.852. The molecule has 98 valence electrons. The molecule has 0 saturated heterocycles. The number of para-hydroxylation sites is 1. The highest BCUT2D eigenvalue weighted by Gasteiger charge is 2.25. The van der Waals surface area contributed by atoms with Gasteiger partial charge in [-0.15, -0.1) is 0 Å². The Bertz CT molecular complexity index is 534. The average Bonchev–Trinajstić information content (AvgIpc) is 2.62. The van der Waals surface area contributed by atoms with E-state index in [4.69, 9.17) is 0 Å². The van der Waals surface area contributed by atoms with Gasteiger partial charge in [0.1, 0.15) is 0 Å². The molecule has 18 heavy (non-hydrogen) atoms. The molecule has 0 saturated carbocycles. The van der Waals surface area contributed by atoms with E-state index in [0.717, 1.165) is 15.4 Å². The molecule has 0 aliphatic carbocycles. The zero-order chi connectivity index (χ0) is 13.2. The van der Waals surface area contributed by atoms with Crippen molar-refractivity contribution >= 4 is 26.8 Å². The lowest BCUT2D eigenvalue weighted by atomic mass is 10.2. The van der Waals surface area contributed by atoms with Crippen molar-refractivity contribution in [2.45, 2.75) is 12.7 Å². The molecule has 0 fully saturated rings. The zero-order valence-corrected chi connectivity index (χ0v) is 11.1. The van der Waals surface area contributed by atoms with Crippen LogP contribution >= 0.6 is 15.9 Å². The van der Waals surface area contributed by atoms with Crippen molar-refractivity contribution in [2.24, 2.45) is 0 Å². The van der Waals surface area contributed by atoms with Gasteiger partial charge in [0.05, 0.1) is 6.54 Å². The molecule has 0 aliphatic heterocycles. The van der Waals surface area contributed by atoms with E-state index in [1.165, 1.54) is 0 Å². The lowest BCUT2D eigenvalue weighted by Crippen LogP contribution is -2.31. The van der Waals surface area contributed by atoms with Crippen molar-refractivity contribution < 1.29 is 13.2 Å². The van der Waals surface area contributed by atoms with E-state index in [2.05, 4.69) is 21.2 Å². The molecule has 0 radical (unpaired) electrons. The van der Waals surface area contributed by atoms with Gasteiger partial charge in [-0.25, -0.2) is 0 Å². The van der Waals surface area contributed by atoms with Crippen LogP contribution in [0.5, 0.6) is 0 Å². The number of aromatic nitrogens is 1. The summed E-state index contributed by atoms with van der Waals surface area (Å²) in [5.41, 5.74) is 1.01. The maximum absolute atomic E-state index is 12.0. The Hall–Kier alpha value is -1.01. The van der Waals surface area contributed by atoms with Gasteiger partial charge < -0.3 is 9.88 Å². The zero-order valence-electron chi connectivity index (χ0n) is 9.47. The minimum absolute atomic E-state index is 0.282. The van der Waals surface area contributed by atoms with Crippen LogP contribution in [0.2, 0.25) is 0 Å². The monoisotopic (exact) mass is 320 g/mol. The fraction of sp³-hybridized carbons (Fsp3) is 0.333. The van der Waals surface area contributed by atoms with E-state index >= 15 is 0 Å². The van der Waals surface area contributed by atoms with Gasteiger partial charge in [0.15, 0.2) is 0 Å². The van der Waals surface area contributed by atoms with Crippen molar-refractivity contribution in [2.75, 3.05) is 13.1 Å². The highest BCUT2D eigenvalue weighted by molar-refractivity contribution is 9.10. The van der Waals surface area contributed by atoms with Crippen molar-refractivity contribution in [3.63, 3.8) is 0 Å². The summed E-state index contributed by atoms with van der Waals surface area (Å²) in [5, 5.41) is 3.45. The Labute approximate surface area is 111 Å². The molecular weight excluding hydrogens is 309 g/mol. The minimum Gasteiger partial charge on any atom is -0.345 e. The summed E-state index contributed by atoms with van der Waals surface area (Å²) in [5.74, 6) is 0. The summed E-state index contributed by atoms with van der Waals surface area (Å²) >= 11 is 3.44. The summed E-state index contributed by atoms with van der Waals surface area (Å²) in [6.45, 7) is -0.166. The summed E-state index contributed by atoms with van der Waals surface area (Å²) in [4.78, 5) is 0. The number of hydrogen-bond acceptors (Lipinski definition) is 1. The molecule has 0 spiro atoms. The SMILES string of the molecule is FC(F)(F)CNCCn1cc(Br)c2ccccc21. The van der Waals surface area contributed by atoms with Gasteiger partial charge in [-0.2, -0.15) is 13.2 Å². The maximum atomic E-state index is 12.0. The Morgan fingerprint density at radius 1 is 1.22 bits per heavy atom. The first-order chi connectivity index (χ1) is 8.47. The first-order valence-corrected chi connectivity index (χ1v) is 6.27. The highest BCUT2D eigenvalue weighted by atomic mass is 79.9. The number of halogens is 4. The van der Waals surface area contributed by atoms with E-state index in [0.29, 0.717) is 6.54 Å². The molecule has 2 aromatic rings. The summed E-state index contributed by atoms with van der Waals surface area (Å²) in [6, 6.07) is 7.76. The molecule has 1 N–H and O–H groups in total. The molecule has 0 atom stereocenters. The van der Waals surface area contributed by atoms with Crippen molar-refractivity contribution in [1.82, 2.24) is 9.88 Å². The second-order valence-electron chi connectivity index (χ2n) is 3.98. The molecule has 0 bridgehead atoms. The number of fused-ring (bicyclic) bond motifs is 1. The third kappa shape index (κ3) is 3.26. The van der Waals surface area contributed by atoms with Crippen molar-refractivity contribution in [1.29, 1.82) is 0 Å². The summed E-state index contributed by atoms with van der Waals surface area (Å²) in [6.07, 6.45) is -2.26. The van der Waals surface area contributed by atoms with Gasteiger partial charge in [0.2, 0.25) is 0 Å². The van der Waals surface area contributed by atoms with Gasteiger partial charge >= 0.3 is 6.18 Å². The van der Waals surface area contributed by atoms with Crippen LogP contribution in [0, 0.1) is 0 Å². The highest BCUT2D eigenvalue weighted by Crippen LogP contribution is 2.25. The summed E-state index contributed by atoms with van der Waals surface area (Å²) in [7, 11) is 0. The van der Waals surface area contributed by atoms with E-state index in [1.807, 2.05) is 35.0 Å². The smallest absolute Gasteiger partial charge is 0.345 e. The summed E-state index contributed by atoms with van der Waals surface area (Å²) < 4.78 is 38.8.